The number of halogens is 2. The summed E-state index contributed by atoms with van der Waals surface area (Å²) in [4.78, 5) is 0. The van der Waals surface area contributed by atoms with Crippen LogP contribution >= 0.6 is 11.6 Å². The molecule has 1 aliphatic heterocycles. The monoisotopic (exact) mass is 258 g/mol. The van der Waals surface area contributed by atoms with Crippen LogP contribution in [0.15, 0.2) is 18.2 Å². The summed E-state index contributed by atoms with van der Waals surface area (Å²) in [6.45, 7) is 1.47. The van der Waals surface area contributed by atoms with Gasteiger partial charge in [-0.1, -0.05) is 11.6 Å². The smallest absolute Gasteiger partial charge is 0.126 e. The average Bonchev–Trinajstić information content (AvgIpc) is 2.76. The molecular weight excluding hydrogens is 243 g/mol. The van der Waals surface area contributed by atoms with Crippen LogP contribution in [0.25, 0.3) is 0 Å². The van der Waals surface area contributed by atoms with Crippen LogP contribution in [0.4, 0.5) is 4.39 Å². The molecule has 2 nitrogen and oxygen atoms in total. The van der Waals surface area contributed by atoms with E-state index in [-0.39, 0.29) is 5.82 Å². The lowest BCUT2D eigenvalue weighted by Crippen LogP contribution is -2.17. The number of rotatable bonds is 4. The van der Waals surface area contributed by atoms with Crippen LogP contribution in [0.5, 0.6) is 0 Å². The second-order valence-electron chi connectivity index (χ2n) is 4.56. The fourth-order valence-corrected chi connectivity index (χ4v) is 2.39. The Balaban J connectivity index is 1.92. The molecule has 2 atom stereocenters. The molecule has 1 aromatic carbocycles. The highest BCUT2D eigenvalue weighted by Crippen LogP contribution is 2.22. The average molecular weight is 259 g/mol. The molecule has 4 heteroatoms. The molecule has 0 aromatic heterocycles. The third-order valence-electron chi connectivity index (χ3n) is 3.09. The zero-order chi connectivity index (χ0) is 12.3. The van der Waals surface area contributed by atoms with Gasteiger partial charge in [0.05, 0.1) is 6.10 Å². The van der Waals surface area contributed by atoms with Gasteiger partial charge in [0, 0.05) is 24.7 Å². The van der Waals surface area contributed by atoms with Crippen LogP contribution in [0.2, 0.25) is 5.02 Å². The maximum absolute atomic E-state index is 13.4. The molecule has 2 unspecified atom stereocenters. The number of ether oxygens (including phenoxy) is 1. The molecule has 94 valence electrons. The zero-order valence-electron chi connectivity index (χ0n) is 9.53. The Labute approximate surface area is 105 Å². The van der Waals surface area contributed by atoms with Gasteiger partial charge in [-0.15, -0.1) is 0 Å². The van der Waals surface area contributed by atoms with Crippen molar-refractivity contribution < 1.29 is 14.2 Å². The molecule has 1 N–H and O–H groups in total. The van der Waals surface area contributed by atoms with E-state index in [1.165, 1.54) is 12.1 Å². The van der Waals surface area contributed by atoms with Gasteiger partial charge in [-0.3, -0.25) is 0 Å². The molecule has 17 heavy (non-hydrogen) atoms. The number of benzene rings is 1. The second-order valence-corrected chi connectivity index (χ2v) is 5.00. The predicted octanol–water partition coefficient (Wildman–Crippen LogP) is 2.81. The number of aliphatic hydroxyl groups is 1. The van der Waals surface area contributed by atoms with E-state index in [4.69, 9.17) is 16.3 Å². The van der Waals surface area contributed by atoms with E-state index >= 15 is 0 Å². The first-order chi connectivity index (χ1) is 8.15. The second kappa shape index (κ2) is 5.80. The summed E-state index contributed by atoms with van der Waals surface area (Å²) >= 11 is 5.80. The van der Waals surface area contributed by atoms with Gasteiger partial charge < -0.3 is 9.84 Å². The van der Waals surface area contributed by atoms with Gasteiger partial charge >= 0.3 is 0 Å². The Bertz CT molecular complexity index is 378. The molecule has 1 aliphatic rings. The maximum Gasteiger partial charge on any atom is 0.126 e. The van der Waals surface area contributed by atoms with E-state index in [9.17, 15) is 9.50 Å². The summed E-state index contributed by atoms with van der Waals surface area (Å²) in [6, 6.07) is 4.42. The van der Waals surface area contributed by atoms with Crippen molar-refractivity contribution in [1.29, 1.82) is 0 Å². The van der Waals surface area contributed by atoms with Crippen LogP contribution < -0.4 is 0 Å². The first kappa shape index (κ1) is 12.8. The standard InChI is InChI=1S/C13H16ClFO2/c14-11-1-2-13(15)10(6-11)7-12(16)5-9-3-4-17-8-9/h1-2,6,9,12,16H,3-5,7-8H2. The molecule has 1 aromatic rings. The minimum atomic E-state index is -0.533. The van der Waals surface area contributed by atoms with E-state index < -0.39 is 6.10 Å². The van der Waals surface area contributed by atoms with Crippen molar-refractivity contribution >= 4 is 11.6 Å². The Kier molecular flexibility index (Phi) is 4.37. The highest BCUT2D eigenvalue weighted by molar-refractivity contribution is 6.30. The van der Waals surface area contributed by atoms with Crippen LogP contribution in [-0.4, -0.2) is 24.4 Å². The van der Waals surface area contributed by atoms with Crippen molar-refractivity contribution in [3.8, 4) is 0 Å². The molecule has 0 amide bonds. The number of aliphatic hydroxyl groups excluding tert-OH is 1. The van der Waals surface area contributed by atoms with Gasteiger partial charge in [0.2, 0.25) is 0 Å². The largest absolute Gasteiger partial charge is 0.393 e. The summed E-state index contributed by atoms with van der Waals surface area (Å²) in [5.74, 6) is 0.0865. The Morgan fingerprint density at radius 2 is 2.35 bits per heavy atom. The lowest BCUT2D eigenvalue weighted by Gasteiger charge is -2.14. The highest BCUT2D eigenvalue weighted by atomic mass is 35.5. The van der Waals surface area contributed by atoms with E-state index in [1.807, 2.05) is 0 Å². The van der Waals surface area contributed by atoms with Crippen LogP contribution in [0.3, 0.4) is 0 Å². The highest BCUT2D eigenvalue weighted by Gasteiger charge is 2.20. The number of hydrogen-bond acceptors (Lipinski definition) is 2. The van der Waals surface area contributed by atoms with Gasteiger partial charge in [-0.05, 0) is 42.5 Å². The molecule has 0 bridgehead atoms. The summed E-state index contributed by atoms with van der Waals surface area (Å²) < 4.78 is 18.7. The topological polar surface area (TPSA) is 29.5 Å². The van der Waals surface area contributed by atoms with Crippen molar-refractivity contribution in [2.24, 2.45) is 5.92 Å². The van der Waals surface area contributed by atoms with Gasteiger partial charge in [0.1, 0.15) is 5.82 Å². The summed E-state index contributed by atoms with van der Waals surface area (Å²) in [5.41, 5.74) is 0.476. The van der Waals surface area contributed by atoms with E-state index in [1.54, 1.807) is 6.07 Å². The van der Waals surface area contributed by atoms with Crippen LogP contribution in [0, 0.1) is 11.7 Å². The van der Waals surface area contributed by atoms with Gasteiger partial charge in [0.15, 0.2) is 0 Å². The molecule has 1 saturated heterocycles. The Morgan fingerprint density at radius 1 is 1.53 bits per heavy atom. The van der Waals surface area contributed by atoms with Gasteiger partial charge in [-0.25, -0.2) is 4.39 Å². The van der Waals surface area contributed by atoms with E-state index in [0.29, 0.717) is 36.0 Å². The third kappa shape index (κ3) is 3.66. The lowest BCUT2D eigenvalue weighted by molar-refractivity contribution is 0.128. The lowest BCUT2D eigenvalue weighted by atomic mass is 9.96. The normalized spacial score (nSPS) is 21.7. The van der Waals surface area contributed by atoms with Crippen molar-refractivity contribution in [2.45, 2.75) is 25.4 Å². The van der Waals surface area contributed by atoms with Crippen molar-refractivity contribution in [2.75, 3.05) is 13.2 Å². The first-order valence-corrected chi connectivity index (χ1v) is 6.22. The molecule has 0 aliphatic carbocycles. The predicted molar refractivity (Wildman–Crippen MR) is 64.7 cm³/mol. The van der Waals surface area contributed by atoms with Crippen LogP contribution in [0.1, 0.15) is 18.4 Å². The molecule has 2 rings (SSSR count). The molecule has 0 radical (unpaired) electrons. The van der Waals surface area contributed by atoms with Gasteiger partial charge in [0.25, 0.3) is 0 Å². The minimum absolute atomic E-state index is 0.308. The first-order valence-electron chi connectivity index (χ1n) is 5.85. The van der Waals surface area contributed by atoms with Crippen molar-refractivity contribution in [3.05, 3.63) is 34.6 Å². The maximum atomic E-state index is 13.4. The molecular formula is C13H16ClFO2. The van der Waals surface area contributed by atoms with Crippen molar-refractivity contribution in [1.82, 2.24) is 0 Å². The van der Waals surface area contributed by atoms with E-state index in [0.717, 1.165) is 13.0 Å². The summed E-state index contributed by atoms with van der Waals surface area (Å²) in [6.07, 6.45) is 1.42. The SMILES string of the molecule is OC(Cc1cc(Cl)ccc1F)CC1CCOC1. The molecule has 1 heterocycles. The molecule has 0 saturated carbocycles. The number of hydrogen-bond donors (Lipinski definition) is 1. The summed E-state index contributed by atoms with van der Waals surface area (Å²) in [7, 11) is 0. The third-order valence-corrected chi connectivity index (χ3v) is 3.33. The minimum Gasteiger partial charge on any atom is -0.393 e. The van der Waals surface area contributed by atoms with Crippen LogP contribution in [-0.2, 0) is 11.2 Å². The summed E-state index contributed by atoms with van der Waals surface area (Å²) in [5, 5.41) is 10.4. The van der Waals surface area contributed by atoms with Crippen molar-refractivity contribution in [3.63, 3.8) is 0 Å². The molecule has 1 fully saturated rings. The Morgan fingerprint density at radius 3 is 3.06 bits per heavy atom. The van der Waals surface area contributed by atoms with Gasteiger partial charge in [-0.2, -0.15) is 0 Å². The fourth-order valence-electron chi connectivity index (χ4n) is 2.19. The van der Waals surface area contributed by atoms with E-state index in [2.05, 4.69) is 0 Å². The molecule has 0 spiro atoms. The quantitative estimate of drug-likeness (QED) is 0.900. The Hall–Kier alpha value is -0.640. The zero-order valence-corrected chi connectivity index (χ0v) is 10.3. The fraction of sp³-hybridized carbons (Fsp3) is 0.538.